The number of ether oxygens (including phenoxy) is 1. The van der Waals surface area contributed by atoms with E-state index in [4.69, 9.17) is 22.1 Å². The van der Waals surface area contributed by atoms with E-state index in [0.717, 1.165) is 0 Å². The Labute approximate surface area is 153 Å². The van der Waals surface area contributed by atoms with E-state index in [1.54, 1.807) is 25.3 Å². The number of nitrogens with zero attached hydrogens (tertiary/aromatic N) is 1. The first-order chi connectivity index (χ1) is 12.3. The molecule has 0 aliphatic carbocycles. The van der Waals surface area contributed by atoms with Crippen molar-refractivity contribution in [2.75, 3.05) is 5.73 Å². The maximum Gasteiger partial charge on any atom is 0.315 e. The number of benzene rings is 1. The van der Waals surface area contributed by atoms with Crippen molar-refractivity contribution in [1.29, 1.82) is 0 Å². The van der Waals surface area contributed by atoms with Crippen LogP contribution in [-0.4, -0.2) is 15.9 Å². The second kappa shape index (κ2) is 6.92. The molecule has 2 heterocycles. The highest BCUT2D eigenvalue weighted by molar-refractivity contribution is 6.34. The van der Waals surface area contributed by atoms with Gasteiger partial charge in [0, 0.05) is 17.1 Å². The highest BCUT2D eigenvalue weighted by Gasteiger charge is 2.24. The molecular weight excluding hydrogens is 364 g/mol. The number of halogens is 3. The molecule has 26 heavy (non-hydrogen) atoms. The van der Waals surface area contributed by atoms with Gasteiger partial charge in [0.2, 0.25) is 5.88 Å². The Hall–Kier alpha value is -2.67. The van der Waals surface area contributed by atoms with Gasteiger partial charge in [0.05, 0.1) is 17.1 Å². The molecule has 1 aromatic carbocycles. The van der Waals surface area contributed by atoms with Gasteiger partial charge in [0.1, 0.15) is 10.7 Å². The molecule has 0 aliphatic rings. The zero-order valence-corrected chi connectivity index (χ0v) is 14.8. The van der Waals surface area contributed by atoms with Crippen molar-refractivity contribution in [1.82, 2.24) is 9.97 Å². The molecule has 0 radical (unpaired) electrons. The molecule has 0 fully saturated rings. The van der Waals surface area contributed by atoms with Gasteiger partial charge in [-0.2, -0.15) is 0 Å². The number of nitrogen functional groups attached to an aromatic ring is 1. The molecule has 8 heteroatoms. The van der Waals surface area contributed by atoms with E-state index in [-0.39, 0.29) is 27.7 Å². The molecule has 3 N–H and O–H groups in total. The minimum absolute atomic E-state index is 0.123. The van der Waals surface area contributed by atoms with Crippen LogP contribution in [0.5, 0.6) is 5.88 Å². The van der Waals surface area contributed by atoms with Crippen LogP contribution in [0.1, 0.15) is 20.3 Å². The van der Waals surface area contributed by atoms with E-state index >= 15 is 0 Å². The summed E-state index contributed by atoms with van der Waals surface area (Å²) in [7, 11) is 0. The average Bonchev–Trinajstić information content (AvgIpc) is 3.11. The lowest BCUT2D eigenvalue weighted by Gasteiger charge is -2.14. The normalized spacial score (nSPS) is 12.3. The second-order valence-electron chi connectivity index (χ2n) is 5.91. The van der Waals surface area contributed by atoms with Gasteiger partial charge in [-0.15, -0.1) is 0 Å². The monoisotopic (exact) mass is 379 g/mol. The summed E-state index contributed by atoms with van der Waals surface area (Å²) in [6.45, 7) is 3.48. The number of pyridine rings is 1. The summed E-state index contributed by atoms with van der Waals surface area (Å²) in [5, 5.41) is 0.293. The van der Waals surface area contributed by atoms with Crippen LogP contribution in [-0.2, 0) is 4.79 Å². The van der Waals surface area contributed by atoms with Crippen LogP contribution < -0.4 is 10.5 Å². The van der Waals surface area contributed by atoms with E-state index in [9.17, 15) is 13.6 Å². The summed E-state index contributed by atoms with van der Waals surface area (Å²) in [5.41, 5.74) is 4.92. The first-order valence-electron chi connectivity index (χ1n) is 7.97. The predicted molar refractivity (Wildman–Crippen MR) is 96.0 cm³/mol. The summed E-state index contributed by atoms with van der Waals surface area (Å²) < 4.78 is 34.5. The van der Waals surface area contributed by atoms with Crippen molar-refractivity contribution in [3.05, 3.63) is 41.1 Å². The molecule has 0 saturated carbocycles. The molecule has 3 rings (SSSR count). The van der Waals surface area contributed by atoms with Crippen LogP contribution >= 0.6 is 11.6 Å². The van der Waals surface area contributed by atoms with E-state index in [2.05, 4.69) is 9.97 Å². The standard InChI is InChI=1S/C18H16ClF2N3O2/c1-3-8(2)18(25)26-17-11(19)14(22)13(21)16(24-17)10-5-4-9-6-7-23-15(9)12(10)20/h4-8,23H,3H2,1-2H3,(H2,22,24). The number of aromatic amines is 1. The molecule has 0 amide bonds. The molecule has 0 bridgehead atoms. The Morgan fingerprint density at radius 1 is 1.35 bits per heavy atom. The van der Waals surface area contributed by atoms with Crippen molar-refractivity contribution in [3.63, 3.8) is 0 Å². The Bertz CT molecular complexity index is 1000. The number of nitrogens with two attached hydrogens (primary N) is 1. The van der Waals surface area contributed by atoms with Gasteiger partial charge < -0.3 is 15.5 Å². The summed E-state index contributed by atoms with van der Waals surface area (Å²) in [6.07, 6.45) is 2.11. The van der Waals surface area contributed by atoms with Gasteiger partial charge in [0.25, 0.3) is 0 Å². The Morgan fingerprint density at radius 2 is 2.08 bits per heavy atom. The van der Waals surface area contributed by atoms with Crippen molar-refractivity contribution in [2.24, 2.45) is 5.92 Å². The van der Waals surface area contributed by atoms with Gasteiger partial charge in [-0.05, 0) is 18.6 Å². The average molecular weight is 380 g/mol. The number of rotatable bonds is 4. The molecule has 1 unspecified atom stereocenters. The van der Waals surface area contributed by atoms with E-state index in [0.29, 0.717) is 11.8 Å². The molecule has 0 spiro atoms. The fraction of sp³-hybridized carbons (Fsp3) is 0.222. The van der Waals surface area contributed by atoms with Gasteiger partial charge in [-0.3, -0.25) is 4.79 Å². The van der Waals surface area contributed by atoms with Crippen LogP contribution in [0.25, 0.3) is 22.2 Å². The Morgan fingerprint density at radius 3 is 2.77 bits per heavy atom. The number of carbonyl (C=O) groups excluding carboxylic acids is 1. The Balaban J connectivity index is 2.15. The number of anilines is 1. The van der Waals surface area contributed by atoms with Crippen molar-refractivity contribution in [3.8, 4) is 17.1 Å². The third-order valence-corrected chi connectivity index (χ3v) is 4.58. The molecule has 5 nitrogen and oxygen atoms in total. The number of hydrogen-bond acceptors (Lipinski definition) is 4. The number of hydrogen-bond donors (Lipinski definition) is 2. The van der Waals surface area contributed by atoms with E-state index < -0.39 is 29.2 Å². The lowest BCUT2D eigenvalue weighted by molar-refractivity contribution is -0.138. The predicted octanol–water partition coefficient (Wildman–Crippen LogP) is 4.70. The van der Waals surface area contributed by atoms with Crippen molar-refractivity contribution >= 4 is 34.2 Å². The second-order valence-corrected chi connectivity index (χ2v) is 6.28. The number of aromatic nitrogens is 2. The largest absolute Gasteiger partial charge is 0.405 e. The highest BCUT2D eigenvalue weighted by Crippen LogP contribution is 2.38. The third-order valence-electron chi connectivity index (χ3n) is 4.21. The SMILES string of the molecule is CCC(C)C(=O)Oc1nc(-c2ccc3cc[nH]c3c2F)c(F)c(N)c1Cl. The fourth-order valence-corrected chi connectivity index (χ4v) is 2.59. The summed E-state index contributed by atoms with van der Waals surface area (Å²) >= 11 is 5.96. The molecule has 2 aromatic heterocycles. The van der Waals surface area contributed by atoms with Gasteiger partial charge in [0.15, 0.2) is 11.6 Å². The van der Waals surface area contributed by atoms with Crippen molar-refractivity contribution < 1.29 is 18.3 Å². The number of H-pyrrole nitrogens is 1. The van der Waals surface area contributed by atoms with Crippen LogP contribution in [0.15, 0.2) is 24.4 Å². The first kappa shape index (κ1) is 18.1. The van der Waals surface area contributed by atoms with E-state index in [1.807, 2.05) is 6.92 Å². The molecular formula is C18H16ClF2N3O2. The minimum Gasteiger partial charge on any atom is -0.405 e. The number of nitrogens with one attached hydrogen (secondary N) is 1. The van der Waals surface area contributed by atoms with Crippen LogP contribution in [0.3, 0.4) is 0 Å². The third kappa shape index (κ3) is 2.99. The smallest absolute Gasteiger partial charge is 0.315 e. The number of fused-ring (bicyclic) bond motifs is 1. The van der Waals surface area contributed by atoms with Crippen LogP contribution in [0, 0.1) is 17.6 Å². The van der Waals surface area contributed by atoms with Crippen LogP contribution in [0.2, 0.25) is 5.02 Å². The van der Waals surface area contributed by atoms with Gasteiger partial charge in [-0.1, -0.05) is 31.5 Å². The molecule has 3 aromatic rings. The topological polar surface area (TPSA) is 81.0 Å². The maximum absolute atomic E-state index is 14.8. The molecule has 0 aliphatic heterocycles. The summed E-state index contributed by atoms with van der Waals surface area (Å²) in [5.74, 6) is -3.02. The van der Waals surface area contributed by atoms with Crippen molar-refractivity contribution in [2.45, 2.75) is 20.3 Å². The zero-order valence-electron chi connectivity index (χ0n) is 14.1. The van der Waals surface area contributed by atoms with Crippen LogP contribution in [0.4, 0.5) is 14.5 Å². The quantitative estimate of drug-likeness (QED) is 0.644. The summed E-state index contributed by atoms with van der Waals surface area (Å²) in [6, 6.07) is 4.67. The molecule has 0 saturated heterocycles. The molecule has 136 valence electrons. The Kier molecular flexibility index (Phi) is 4.82. The van der Waals surface area contributed by atoms with Gasteiger partial charge >= 0.3 is 5.97 Å². The number of esters is 1. The lowest BCUT2D eigenvalue weighted by Crippen LogP contribution is -2.18. The lowest BCUT2D eigenvalue weighted by atomic mass is 10.1. The molecule has 1 atom stereocenters. The zero-order chi connectivity index (χ0) is 19.0. The number of carbonyl (C=O) groups is 1. The minimum atomic E-state index is -0.983. The van der Waals surface area contributed by atoms with E-state index in [1.165, 1.54) is 6.07 Å². The highest BCUT2D eigenvalue weighted by atomic mass is 35.5. The van der Waals surface area contributed by atoms with Gasteiger partial charge in [-0.25, -0.2) is 13.8 Å². The maximum atomic E-state index is 14.8. The fourth-order valence-electron chi connectivity index (χ4n) is 2.42. The summed E-state index contributed by atoms with van der Waals surface area (Å²) in [4.78, 5) is 18.7. The first-order valence-corrected chi connectivity index (χ1v) is 8.35.